The van der Waals surface area contributed by atoms with Crippen LogP contribution in [0.1, 0.15) is 71.4 Å². The summed E-state index contributed by atoms with van der Waals surface area (Å²) in [4.78, 5) is 0. The van der Waals surface area contributed by atoms with Crippen molar-refractivity contribution in [3.63, 3.8) is 0 Å². The number of anilines is 2. The summed E-state index contributed by atoms with van der Waals surface area (Å²) in [6.45, 7) is 16.1. The molecule has 0 aliphatic carbocycles. The maximum absolute atomic E-state index is 3.84. The lowest BCUT2D eigenvalue weighted by atomic mass is 9.70. The minimum absolute atomic E-state index is 0.197. The lowest BCUT2D eigenvalue weighted by Crippen LogP contribution is -2.46. The third-order valence-electron chi connectivity index (χ3n) is 5.78. The molecule has 0 bridgehead atoms. The van der Waals surface area contributed by atoms with Crippen molar-refractivity contribution < 1.29 is 0 Å². The lowest BCUT2D eigenvalue weighted by molar-refractivity contribution is 0.284. The molecule has 1 aliphatic rings. The molecule has 0 spiro atoms. The van der Waals surface area contributed by atoms with Crippen LogP contribution in [0.25, 0.3) is 0 Å². The van der Waals surface area contributed by atoms with Crippen LogP contribution >= 0.6 is 0 Å². The Kier molecular flexibility index (Phi) is 4.55. The van der Waals surface area contributed by atoms with Crippen molar-refractivity contribution in [2.45, 2.75) is 78.8 Å². The van der Waals surface area contributed by atoms with Gasteiger partial charge >= 0.3 is 0 Å². The Morgan fingerprint density at radius 1 is 1.29 bits per heavy atom. The Bertz CT molecular complexity index is 509. The number of aryl methyl sites for hydroxylation is 1. The maximum Gasteiger partial charge on any atom is 0.0411 e. The van der Waals surface area contributed by atoms with Gasteiger partial charge in [0.15, 0.2) is 0 Å². The van der Waals surface area contributed by atoms with Gasteiger partial charge in [0.1, 0.15) is 0 Å². The summed E-state index contributed by atoms with van der Waals surface area (Å²) < 4.78 is 0. The molecule has 1 aromatic rings. The predicted octanol–water partition coefficient (Wildman–Crippen LogP) is 5.54. The molecule has 0 amide bonds. The third kappa shape index (κ3) is 2.90. The zero-order valence-electron chi connectivity index (χ0n) is 14.8. The number of benzene rings is 1. The SMILES string of the molecule is CCC(C)Nc1cc(C)c2c(c1)C(C)C(C)C(C)(CC)N2. The van der Waals surface area contributed by atoms with Gasteiger partial charge < -0.3 is 10.6 Å². The van der Waals surface area contributed by atoms with Crippen LogP contribution in [0.5, 0.6) is 0 Å². The number of nitrogens with one attached hydrogen (secondary N) is 2. The molecule has 118 valence electrons. The lowest BCUT2D eigenvalue weighted by Gasteiger charge is -2.46. The molecule has 4 atom stereocenters. The van der Waals surface area contributed by atoms with E-state index in [1.165, 1.54) is 22.5 Å². The van der Waals surface area contributed by atoms with Gasteiger partial charge in [-0.05, 0) is 68.7 Å². The van der Waals surface area contributed by atoms with Crippen molar-refractivity contribution in [2.75, 3.05) is 10.6 Å². The van der Waals surface area contributed by atoms with Gasteiger partial charge in [-0.2, -0.15) is 0 Å². The Balaban J connectivity index is 2.42. The largest absolute Gasteiger partial charge is 0.383 e. The molecule has 2 N–H and O–H groups in total. The van der Waals surface area contributed by atoms with E-state index < -0.39 is 0 Å². The summed E-state index contributed by atoms with van der Waals surface area (Å²) in [6.07, 6.45) is 2.30. The molecule has 2 nitrogen and oxygen atoms in total. The van der Waals surface area contributed by atoms with Crippen molar-refractivity contribution in [1.29, 1.82) is 0 Å². The van der Waals surface area contributed by atoms with Crippen LogP contribution in [-0.2, 0) is 0 Å². The van der Waals surface area contributed by atoms with Crippen LogP contribution in [0.2, 0.25) is 0 Å². The molecule has 1 aliphatic heterocycles. The van der Waals surface area contributed by atoms with Gasteiger partial charge in [0, 0.05) is 23.0 Å². The molecular formula is C19H32N2. The predicted molar refractivity (Wildman–Crippen MR) is 94.5 cm³/mol. The first-order valence-electron chi connectivity index (χ1n) is 8.51. The summed E-state index contributed by atoms with van der Waals surface area (Å²) >= 11 is 0. The van der Waals surface area contributed by atoms with Crippen molar-refractivity contribution >= 4 is 11.4 Å². The van der Waals surface area contributed by atoms with Crippen molar-refractivity contribution in [3.05, 3.63) is 23.3 Å². The van der Waals surface area contributed by atoms with Gasteiger partial charge in [-0.1, -0.05) is 27.7 Å². The molecule has 0 fully saturated rings. The zero-order chi connectivity index (χ0) is 15.8. The van der Waals surface area contributed by atoms with Crippen LogP contribution in [0.3, 0.4) is 0 Å². The van der Waals surface area contributed by atoms with E-state index in [9.17, 15) is 0 Å². The Hall–Kier alpha value is -1.18. The molecule has 2 rings (SSSR count). The first-order chi connectivity index (χ1) is 9.82. The number of hydrogen-bond donors (Lipinski definition) is 2. The fraction of sp³-hybridized carbons (Fsp3) is 0.684. The van der Waals surface area contributed by atoms with E-state index in [1.54, 1.807) is 0 Å². The van der Waals surface area contributed by atoms with Gasteiger partial charge in [0.25, 0.3) is 0 Å². The second-order valence-corrected chi connectivity index (χ2v) is 7.18. The second kappa shape index (κ2) is 5.90. The van der Waals surface area contributed by atoms with E-state index in [1.807, 2.05) is 0 Å². The van der Waals surface area contributed by atoms with Gasteiger partial charge in [0.2, 0.25) is 0 Å². The minimum atomic E-state index is 0.197. The van der Waals surface area contributed by atoms with Crippen LogP contribution in [0.15, 0.2) is 12.1 Å². The summed E-state index contributed by atoms with van der Waals surface area (Å²) in [7, 11) is 0. The highest BCUT2D eigenvalue weighted by Crippen LogP contribution is 2.46. The molecule has 1 aromatic carbocycles. The third-order valence-corrected chi connectivity index (χ3v) is 5.78. The highest BCUT2D eigenvalue weighted by Gasteiger charge is 2.39. The number of rotatable bonds is 4. The van der Waals surface area contributed by atoms with E-state index >= 15 is 0 Å². The number of hydrogen-bond acceptors (Lipinski definition) is 2. The molecule has 0 saturated heterocycles. The van der Waals surface area contributed by atoms with Crippen LogP contribution in [0, 0.1) is 12.8 Å². The summed E-state index contributed by atoms with van der Waals surface area (Å²) in [5, 5.41) is 7.46. The topological polar surface area (TPSA) is 24.1 Å². The Labute approximate surface area is 130 Å². The van der Waals surface area contributed by atoms with E-state index in [2.05, 4.69) is 71.2 Å². The molecule has 0 aromatic heterocycles. The van der Waals surface area contributed by atoms with E-state index in [-0.39, 0.29) is 5.54 Å². The van der Waals surface area contributed by atoms with Gasteiger partial charge in [-0.15, -0.1) is 0 Å². The van der Waals surface area contributed by atoms with Crippen LogP contribution < -0.4 is 10.6 Å². The first-order valence-corrected chi connectivity index (χ1v) is 8.51. The molecular weight excluding hydrogens is 256 g/mol. The standard InChI is InChI=1S/C19H32N2/c1-8-13(4)20-16-10-12(3)18-17(11-16)14(5)15(6)19(7,9-2)21-18/h10-11,13-15,20-21H,8-9H2,1-7H3. The summed E-state index contributed by atoms with van der Waals surface area (Å²) in [5.41, 5.74) is 5.65. The zero-order valence-corrected chi connectivity index (χ0v) is 14.8. The quantitative estimate of drug-likeness (QED) is 0.760. The van der Waals surface area contributed by atoms with Crippen molar-refractivity contribution in [3.8, 4) is 0 Å². The van der Waals surface area contributed by atoms with Gasteiger partial charge in [-0.3, -0.25) is 0 Å². The van der Waals surface area contributed by atoms with Gasteiger partial charge in [-0.25, -0.2) is 0 Å². The molecule has 0 saturated carbocycles. The van der Waals surface area contributed by atoms with E-state index in [0.29, 0.717) is 17.9 Å². The average Bonchev–Trinajstić information content (AvgIpc) is 2.46. The fourth-order valence-corrected chi connectivity index (χ4v) is 3.45. The monoisotopic (exact) mass is 288 g/mol. The van der Waals surface area contributed by atoms with Crippen molar-refractivity contribution in [2.24, 2.45) is 5.92 Å². The van der Waals surface area contributed by atoms with Crippen LogP contribution in [-0.4, -0.2) is 11.6 Å². The maximum atomic E-state index is 3.84. The molecule has 1 heterocycles. The molecule has 2 heteroatoms. The fourth-order valence-electron chi connectivity index (χ4n) is 3.45. The molecule has 4 unspecified atom stereocenters. The smallest absolute Gasteiger partial charge is 0.0411 e. The van der Waals surface area contributed by atoms with Gasteiger partial charge in [0.05, 0.1) is 0 Å². The average molecular weight is 288 g/mol. The highest BCUT2D eigenvalue weighted by molar-refractivity contribution is 5.68. The number of fused-ring (bicyclic) bond motifs is 1. The van der Waals surface area contributed by atoms with E-state index in [0.717, 1.165) is 12.8 Å². The normalized spacial score (nSPS) is 29.5. The summed E-state index contributed by atoms with van der Waals surface area (Å²) in [5.74, 6) is 1.22. The van der Waals surface area contributed by atoms with E-state index in [4.69, 9.17) is 0 Å². The van der Waals surface area contributed by atoms with Crippen LogP contribution in [0.4, 0.5) is 11.4 Å². The second-order valence-electron chi connectivity index (χ2n) is 7.18. The molecule has 21 heavy (non-hydrogen) atoms. The first kappa shape index (κ1) is 16.2. The Morgan fingerprint density at radius 3 is 2.52 bits per heavy atom. The Morgan fingerprint density at radius 2 is 1.95 bits per heavy atom. The molecule has 0 radical (unpaired) electrons. The highest BCUT2D eigenvalue weighted by atomic mass is 15.0. The summed E-state index contributed by atoms with van der Waals surface area (Å²) in [6, 6.07) is 5.17. The minimum Gasteiger partial charge on any atom is -0.383 e. The van der Waals surface area contributed by atoms with Crippen molar-refractivity contribution in [1.82, 2.24) is 0 Å².